The van der Waals surface area contributed by atoms with Crippen LogP contribution in [0.4, 0.5) is 0 Å². The van der Waals surface area contributed by atoms with Gasteiger partial charge >= 0.3 is 0 Å². The molecule has 0 fully saturated rings. The van der Waals surface area contributed by atoms with E-state index >= 15 is 0 Å². The molecular formula is C18H27Cl. The van der Waals surface area contributed by atoms with Crippen LogP contribution in [0.2, 0.25) is 0 Å². The molecule has 0 aliphatic heterocycles. The summed E-state index contributed by atoms with van der Waals surface area (Å²) in [7, 11) is 0. The van der Waals surface area contributed by atoms with Crippen LogP contribution < -0.4 is 0 Å². The monoisotopic (exact) mass is 278 g/mol. The Morgan fingerprint density at radius 1 is 1.00 bits per heavy atom. The molecule has 0 radical (unpaired) electrons. The van der Waals surface area contributed by atoms with E-state index in [1.165, 1.54) is 16.7 Å². The molecule has 0 N–H and O–H groups in total. The zero-order chi connectivity index (χ0) is 14.5. The highest BCUT2D eigenvalue weighted by Gasteiger charge is 1.96. The second kappa shape index (κ2) is 12.0. The fourth-order valence-corrected chi connectivity index (χ4v) is 2.05. The maximum absolute atomic E-state index is 5.71. The van der Waals surface area contributed by atoms with Crippen LogP contribution in [0.1, 0.15) is 46.0 Å². The molecule has 106 valence electrons. The number of hydrogen-bond acceptors (Lipinski definition) is 0. The number of rotatable bonds is 10. The molecule has 19 heavy (non-hydrogen) atoms. The van der Waals surface area contributed by atoms with Crippen molar-refractivity contribution < 1.29 is 0 Å². The molecule has 0 aromatic carbocycles. The summed E-state index contributed by atoms with van der Waals surface area (Å²) in [6.45, 7) is 11.9. The Morgan fingerprint density at radius 3 is 2.21 bits per heavy atom. The summed E-state index contributed by atoms with van der Waals surface area (Å²) in [5.74, 6) is 0.561. The smallest absolute Gasteiger partial charge is 0.0409 e. The van der Waals surface area contributed by atoms with Crippen molar-refractivity contribution in [3.8, 4) is 0 Å². The summed E-state index contributed by atoms with van der Waals surface area (Å²) >= 11 is 5.71. The normalized spacial score (nSPS) is 12.2. The van der Waals surface area contributed by atoms with Gasteiger partial charge in [0.15, 0.2) is 0 Å². The Balaban J connectivity index is 4.32. The van der Waals surface area contributed by atoms with Gasteiger partial charge in [0.2, 0.25) is 0 Å². The third-order valence-electron chi connectivity index (χ3n) is 2.89. The van der Waals surface area contributed by atoms with Crippen molar-refractivity contribution in [2.45, 2.75) is 46.0 Å². The molecule has 0 aromatic rings. The van der Waals surface area contributed by atoms with Gasteiger partial charge in [-0.1, -0.05) is 53.7 Å². The van der Waals surface area contributed by atoms with Gasteiger partial charge in [-0.2, -0.15) is 0 Å². The van der Waals surface area contributed by atoms with Crippen LogP contribution in [0.25, 0.3) is 0 Å². The van der Waals surface area contributed by atoms with E-state index in [1.54, 1.807) is 0 Å². The SMILES string of the molecule is C=CC/C(=C\CC/C(C=C)=C/CCl)CCC=C(C)C. The van der Waals surface area contributed by atoms with Gasteiger partial charge < -0.3 is 0 Å². The summed E-state index contributed by atoms with van der Waals surface area (Å²) in [5, 5.41) is 0. The number of alkyl halides is 1. The van der Waals surface area contributed by atoms with Gasteiger partial charge in [0.1, 0.15) is 0 Å². The standard InChI is InChI=1S/C18H27Cl/c1-5-9-18(12-7-10-16(3)4)13-8-11-17(6-2)14-15-19/h5-6,10,13-14H,1-2,7-9,11-12,15H2,3-4H3/b17-14+,18-13+. The first-order chi connectivity index (χ1) is 9.13. The highest BCUT2D eigenvalue weighted by Crippen LogP contribution is 2.15. The first kappa shape index (κ1) is 18.0. The van der Waals surface area contributed by atoms with Gasteiger partial charge in [0.05, 0.1) is 0 Å². The molecule has 0 aliphatic carbocycles. The van der Waals surface area contributed by atoms with Crippen LogP contribution in [0.3, 0.4) is 0 Å². The molecule has 0 rings (SSSR count). The van der Waals surface area contributed by atoms with Crippen molar-refractivity contribution in [2.24, 2.45) is 0 Å². The summed E-state index contributed by atoms with van der Waals surface area (Å²) < 4.78 is 0. The van der Waals surface area contributed by atoms with Crippen molar-refractivity contribution in [3.63, 3.8) is 0 Å². The van der Waals surface area contributed by atoms with Crippen LogP contribution in [0.5, 0.6) is 0 Å². The lowest BCUT2D eigenvalue weighted by Crippen LogP contribution is -1.85. The molecule has 0 amide bonds. The maximum atomic E-state index is 5.71. The van der Waals surface area contributed by atoms with Crippen LogP contribution >= 0.6 is 11.6 Å². The van der Waals surface area contributed by atoms with Crippen molar-refractivity contribution in [1.82, 2.24) is 0 Å². The number of halogens is 1. The van der Waals surface area contributed by atoms with Crippen molar-refractivity contribution in [3.05, 3.63) is 60.3 Å². The van der Waals surface area contributed by atoms with Gasteiger partial charge in [0.25, 0.3) is 0 Å². The Kier molecular flexibility index (Phi) is 11.4. The van der Waals surface area contributed by atoms with E-state index in [9.17, 15) is 0 Å². The molecule has 0 aliphatic rings. The van der Waals surface area contributed by atoms with Gasteiger partial charge in [0, 0.05) is 5.88 Å². The van der Waals surface area contributed by atoms with Crippen LogP contribution in [-0.2, 0) is 0 Å². The molecule has 0 spiro atoms. The quantitative estimate of drug-likeness (QED) is 0.247. The van der Waals surface area contributed by atoms with Gasteiger partial charge in [-0.25, -0.2) is 0 Å². The summed E-state index contributed by atoms with van der Waals surface area (Å²) in [5.41, 5.74) is 4.09. The molecule has 0 atom stereocenters. The Labute approximate surface area is 124 Å². The van der Waals surface area contributed by atoms with Crippen molar-refractivity contribution in [2.75, 3.05) is 5.88 Å². The molecule has 0 aromatic heterocycles. The largest absolute Gasteiger partial charge is 0.122 e. The van der Waals surface area contributed by atoms with Crippen LogP contribution in [0.15, 0.2) is 60.3 Å². The van der Waals surface area contributed by atoms with E-state index < -0.39 is 0 Å². The highest BCUT2D eigenvalue weighted by atomic mass is 35.5. The zero-order valence-electron chi connectivity index (χ0n) is 12.4. The second-order valence-electron chi connectivity index (χ2n) is 4.85. The lowest BCUT2D eigenvalue weighted by atomic mass is 10.0. The van der Waals surface area contributed by atoms with Gasteiger partial charge in [-0.3, -0.25) is 0 Å². The Morgan fingerprint density at radius 2 is 1.68 bits per heavy atom. The minimum Gasteiger partial charge on any atom is -0.122 e. The molecule has 1 heteroatoms. The van der Waals surface area contributed by atoms with E-state index in [1.807, 2.05) is 18.2 Å². The van der Waals surface area contributed by atoms with Gasteiger partial charge in [-0.05, 0) is 46.0 Å². The molecule has 0 heterocycles. The predicted molar refractivity (Wildman–Crippen MR) is 89.8 cm³/mol. The summed E-state index contributed by atoms with van der Waals surface area (Å²) in [6.07, 6.45) is 15.8. The van der Waals surface area contributed by atoms with Crippen molar-refractivity contribution in [1.29, 1.82) is 0 Å². The van der Waals surface area contributed by atoms with E-state index in [0.29, 0.717) is 5.88 Å². The number of allylic oxidation sites excluding steroid dienone is 8. The van der Waals surface area contributed by atoms with E-state index in [2.05, 4.69) is 39.2 Å². The third-order valence-corrected chi connectivity index (χ3v) is 3.05. The third kappa shape index (κ3) is 10.6. The molecule has 0 nitrogen and oxygen atoms in total. The molecule has 0 saturated heterocycles. The van der Waals surface area contributed by atoms with Gasteiger partial charge in [-0.15, -0.1) is 18.2 Å². The lowest BCUT2D eigenvalue weighted by molar-refractivity contribution is 0.899. The minimum atomic E-state index is 0.561. The Bertz CT molecular complexity index is 352. The van der Waals surface area contributed by atoms with Crippen LogP contribution in [0, 0.1) is 0 Å². The number of hydrogen-bond donors (Lipinski definition) is 0. The summed E-state index contributed by atoms with van der Waals surface area (Å²) in [4.78, 5) is 0. The zero-order valence-corrected chi connectivity index (χ0v) is 13.2. The molecule has 0 unspecified atom stereocenters. The maximum Gasteiger partial charge on any atom is 0.0409 e. The van der Waals surface area contributed by atoms with Crippen molar-refractivity contribution >= 4 is 11.6 Å². The highest BCUT2D eigenvalue weighted by molar-refractivity contribution is 6.18. The fraction of sp³-hybridized carbons (Fsp3) is 0.444. The lowest BCUT2D eigenvalue weighted by Gasteiger charge is -2.04. The first-order valence-corrected chi connectivity index (χ1v) is 7.47. The predicted octanol–water partition coefficient (Wildman–Crippen LogP) is 6.37. The average molecular weight is 279 g/mol. The second-order valence-corrected chi connectivity index (χ2v) is 5.16. The molecule has 0 saturated carbocycles. The van der Waals surface area contributed by atoms with E-state index in [-0.39, 0.29) is 0 Å². The molecular weight excluding hydrogens is 252 g/mol. The average Bonchev–Trinajstić information content (AvgIpc) is 2.37. The van der Waals surface area contributed by atoms with E-state index in [4.69, 9.17) is 11.6 Å². The minimum absolute atomic E-state index is 0.561. The summed E-state index contributed by atoms with van der Waals surface area (Å²) in [6, 6.07) is 0. The topological polar surface area (TPSA) is 0 Å². The first-order valence-electron chi connectivity index (χ1n) is 6.93. The van der Waals surface area contributed by atoms with Crippen LogP contribution in [-0.4, -0.2) is 5.88 Å². The fourth-order valence-electron chi connectivity index (χ4n) is 1.85. The Hall–Kier alpha value is -1.01. The van der Waals surface area contributed by atoms with E-state index in [0.717, 1.165) is 32.1 Å². The molecule has 0 bridgehead atoms.